The van der Waals surface area contributed by atoms with E-state index in [1.165, 1.54) is 31.2 Å². The summed E-state index contributed by atoms with van der Waals surface area (Å²) in [5.41, 5.74) is 3.33. The van der Waals surface area contributed by atoms with E-state index in [4.69, 9.17) is 4.74 Å². The first kappa shape index (κ1) is 24.3. The number of amides is 1. The number of hydrogen-bond donors (Lipinski definition) is 1. The lowest BCUT2D eigenvalue weighted by Crippen LogP contribution is -2.28. The summed E-state index contributed by atoms with van der Waals surface area (Å²) in [5.74, 6) is 3.11. The Labute approximate surface area is 206 Å². The third-order valence-electron chi connectivity index (χ3n) is 6.47. The van der Waals surface area contributed by atoms with Gasteiger partial charge in [-0.25, -0.2) is 0 Å². The normalized spacial score (nSPS) is 14.8. The van der Waals surface area contributed by atoms with Crippen LogP contribution >= 0.6 is 11.8 Å². The SMILES string of the molecule is COc1cccc(CSc2nnc(C(C)NC(=O)CCC3CCCC3)n2-c2ccc(C)cc2)c1. The Balaban J connectivity index is 1.51. The standard InChI is InChI=1S/C27H34N4O2S/c1-19-11-14-23(15-12-19)31-26(20(2)28-25(32)16-13-21-7-4-5-8-21)29-30-27(31)34-18-22-9-6-10-24(17-22)33-3/h6,9-12,14-15,17,20-21H,4-5,7-8,13,16,18H2,1-3H3,(H,28,32). The van der Waals surface area contributed by atoms with Gasteiger partial charge < -0.3 is 10.1 Å². The van der Waals surface area contributed by atoms with Gasteiger partial charge in [0.2, 0.25) is 5.91 Å². The molecule has 7 heteroatoms. The van der Waals surface area contributed by atoms with Crippen molar-refractivity contribution in [3.63, 3.8) is 0 Å². The Kier molecular flexibility index (Phi) is 8.27. The van der Waals surface area contributed by atoms with Crippen molar-refractivity contribution in [2.75, 3.05) is 7.11 Å². The molecule has 4 rings (SSSR count). The highest BCUT2D eigenvalue weighted by Crippen LogP contribution is 2.30. The minimum atomic E-state index is -0.240. The number of aromatic nitrogens is 3. The Morgan fingerprint density at radius 1 is 1.18 bits per heavy atom. The number of methoxy groups -OCH3 is 1. The molecule has 1 aromatic heterocycles. The Bertz CT molecular complexity index is 1090. The monoisotopic (exact) mass is 478 g/mol. The van der Waals surface area contributed by atoms with Gasteiger partial charge in [-0.05, 0) is 56.0 Å². The third-order valence-corrected chi connectivity index (χ3v) is 7.47. The van der Waals surface area contributed by atoms with Gasteiger partial charge in [0.05, 0.1) is 13.2 Å². The van der Waals surface area contributed by atoms with E-state index in [-0.39, 0.29) is 11.9 Å². The van der Waals surface area contributed by atoms with Gasteiger partial charge in [0.15, 0.2) is 11.0 Å². The first-order valence-electron chi connectivity index (χ1n) is 12.1. The minimum absolute atomic E-state index is 0.0865. The molecule has 1 atom stereocenters. The Morgan fingerprint density at radius 2 is 1.94 bits per heavy atom. The van der Waals surface area contributed by atoms with Crippen LogP contribution in [0.15, 0.2) is 53.7 Å². The number of aryl methyl sites for hydroxylation is 1. The average molecular weight is 479 g/mol. The van der Waals surface area contributed by atoms with Crippen molar-refractivity contribution in [1.29, 1.82) is 0 Å². The van der Waals surface area contributed by atoms with Gasteiger partial charge in [-0.1, -0.05) is 67.3 Å². The van der Waals surface area contributed by atoms with Crippen LogP contribution in [0.2, 0.25) is 0 Å². The molecule has 2 aromatic carbocycles. The highest BCUT2D eigenvalue weighted by Gasteiger charge is 2.22. The van der Waals surface area contributed by atoms with Crippen LogP contribution in [0.1, 0.15) is 68.4 Å². The van der Waals surface area contributed by atoms with Crippen molar-refractivity contribution in [3.05, 3.63) is 65.5 Å². The lowest BCUT2D eigenvalue weighted by molar-refractivity contribution is -0.122. The number of hydrogen-bond acceptors (Lipinski definition) is 5. The fourth-order valence-corrected chi connectivity index (χ4v) is 5.42. The first-order chi connectivity index (χ1) is 16.5. The van der Waals surface area contributed by atoms with E-state index in [0.29, 0.717) is 12.3 Å². The zero-order valence-corrected chi connectivity index (χ0v) is 21.1. The van der Waals surface area contributed by atoms with Gasteiger partial charge in [-0.15, -0.1) is 10.2 Å². The van der Waals surface area contributed by atoms with E-state index >= 15 is 0 Å². The number of rotatable bonds is 10. The van der Waals surface area contributed by atoms with E-state index in [1.54, 1.807) is 18.9 Å². The van der Waals surface area contributed by atoms with Crippen molar-refractivity contribution in [2.24, 2.45) is 5.92 Å². The van der Waals surface area contributed by atoms with Crippen LogP contribution in [0.5, 0.6) is 5.75 Å². The highest BCUT2D eigenvalue weighted by atomic mass is 32.2. The molecule has 1 aliphatic rings. The van der Waals surface area contributed by atoms with E-state index in [1.807, 2.05) is 25.1 Å². The second-order valence-corrected chi connectivity index (χ2v) is 10.1. The van der Waals surface area contributed by atoms with Gasteiger partial charge in [0.1, 0.15) is 5.75 Å². The van der Waals surface area contributed by atoms with Gasteiger partial charge in [-0.2, -0.15) is 0 Å². The summed E-state index contributed by atoms with van der Waals surface area (Å²) < 4.78 is 7.41. The highest BCUT2D eigenvalue weighted by molar-refractivity contribution is 7.98. The molecule has 1 aliphatic carbocycles. The Morgan fingerprint density at radius 3 is 2.68 bits per heavy atom. The smallest absolute Gasteiger partial charge is 0.220 e. The lowest BCUT2D eigenvalue weighted by atomic mass is 10.0. The number of benzene rings is 2. The molecule has 3 aromatic rings. The maximum atomic E-state index is 12.7. The molecule has 1 heterocycles. The van der Waals surface area contributed by atoms with Crippen LogP contribution in [0.25, 0.3) is 5.69 Å². The van der Waals surface area contributed by atoms with Crippen LogP contribution < -0.4 is 10.1 Å². The topological polar surface area (TPSA) is 69.0 Å². The fourth-order valence-electron chi connectivity index (χ4n) is 4.51. The van der Waals surface area contributed by atoms with E-state index in [9.17, 15) is 4.79 Å². The molecule has 0 bridgehead atoms. The third kappa shape index (κ3) is 6.20. The summed E-state index contributed by atoms with van der Waals surface area (Å²) >= 11 is 1.62. The summed E-state index contributed by atoms with van der Waals surface area (Å²) in [5, 5.41) is 13.0. The van der Waals surface area contributed by atoms with Crippen LogP contribution in [0.3, 0.4) is 0 Å². The average Bonchev–Trinajstić information content (AvgIpc) is 3.52. The minimum Gasteiger partial charge on any atom is -0.497 e. The van der Waals surface area contributed by atoms with Gasteiger partial charge >= 0.3 is 0 Å². The molecule has 34 heavy (non-hydrogen) atoms. The van der Waals surface area contributed by atoms with Gasteiger partial charge in [0.25, 0.3) is 0 Å². The molecule has 1 unspecified atom stereocenters. The van der Waals surface area contributed by atoms with Crippen LogP contribution in [0, 0.1) is 12.8 Å². The Hall–Kier alpha value is -2.80. The molecule has 0 saturated heterocycles. The van der Waals surface area contributed by atoms with Gasteiger partial charge in [0, 0.05) is 17.9 Å². The molecule has 1 saturated carbocycles. The fraction of sp³-hybridized carbons (Fsp3) is 0.444. The summed E-state index contributed by atoms with van der Waals surface area (Å²) in [4.78, 5) is 12.7. The van der Waals surface area contributed by atoms with Crippen molar-refractivity contribution < 1.29 is 9.53 Å². The van der Waals surface area contributed by atoms with Crippen LogP contribution in [0.4, 0.5) is 0 Å². The first-order valence-corrected chi connectivity index (χ1v) is 13.1. The summed E-state index contributed by atoms with van der Waals surface area (Å²) in [6.07, 6.45) is 6.68. The maximum Gasteiger partial charge on any atom is 0.220 e. The van der Waals surface area contributed by atoms with Crippen molar-refractivity contribution in [1.82, 2.24) is 20.1 Å². The molecule has 6 nitrogen and oxygen atoms in total. The molecule has 0 radical (unpaired) electrons. The number of carbonyl (C=O) groups is 1. The molecular formula is C27H34N4O2S. The van der Waals surface area contributed by atoms with Crippen LogP contribution in [-0.4, -0.2) is 27.8 Å². The zero-order chi connectivity index (χ0) is 23.9. The summed E-state index contributed by atoms with van der Waals surface area (Å²) in [6.45, 7) is 4.06. The lowest BCUT2D eigenvalue weighted by Gasteiger charge is -2.17. The molecule has 0 spiro atoms. The molecule has 1 N–H and O–H groups in total. The second kappa shape index (κ2) is 11.6. The van der Waals surface area contributed by atoms with Crippen molar-refractivity contribution >= 4 is 17.7 Å². The number of thioether (sulfide) groups is 1. The van der Waals surface area contributed by atoms with E-state index < -0.39 is 0 Å². The second-order valence-electron chi connectivity index (χ2n) is 9.13. The zero-order valence-electron chi connectivity index (χ0n) is 20.3. The molecule has 0 aliphatic heterocycles. The number of ether oxygens (including phenoxy) is 1. The van der Waals surface area contributed by atoms with Crippen molar-refractivity contribution in [2.45, 2.75) is 69.3 Å². The van der Waals surface area contributed by atoms with Crippen LogP contribution in [-0.2, 0) is 10.5 Å². The molecule has 180 valence electrons. The maximum absolute atomic E-state index is 12.7. The van der Waals surface area contributed by atoms with E-state index in [0.717, 1.165) is 40.2 Å². The predicted octanol–water partition coefficient (Wildman–Crippen LogP) is 6.02. The molecule has 1 fully saturated rings. The number of nitrogens with zero attached hydrogens (tertiary/aromatic N) is 3. The predicted molar refractivity (Wildman–Crippen MR) is 136 cm³/mol. The number of carbonyl (C=O) groups excluding carboxylic acids is 1. The number of nitrogens with one attached hydrogen (secondary N) is 1. The van der Waals surface area contributed by atoms with Gasteiger partial charge in [-0.3, -0.25) is 9.36 Å². The summed E-state index contributed by atoms with van der Waals surface area (Å²) in [6, 6.07) is 16.1. The quantitative estimate of drug-likeness (QED) is 0.361. The molecule has 1 amide bonds. The summed E-state index contributed by atoms with van der Waals surface area (Å²) in [7, 11) is 1.68. The molecular weight excluding hydrogens is 444 g/mol. The van der Waals surface area contributed by atoms with E-state index in [2.05, 4.69) is 57.3 Å². The van der Waals surface area contributed by atoms with Crippen molar-refractivity contribution in [3.8, 4) is 11.4 Å². The largest absolute Gasteiger partial charge is 0.497 e.